The second-order valence-electron chi connectivity index (χ2n) is 6.68. The van der Waals surface area contributed by atoms with E-state index in [-0.39, 0.29) is 11.8 Å². The fourth-order valence-electron chi connectivity index (χ4n) is 2.93. The van der Waals surface area contributed by atoms with Crippen LogP contribution in [0.15, 0.2) is 0 Å². The van der Waals surface area contributed by atoms with Gasteiger partial charge in [0.25, 0.3) is 0 Å². The van der Waals surface area contributed by atoms with Gasteiger partial charge in [0.1, 0.15) is 0 Å². The lowest BCUT2D eigenvalue weighted by molar-refractivity contribution is 0.142. The van der Waals surface area contributed by atoms with Crippen molar-refractivity contribution in [1.29, 1.82) is 0 Å². The highest BCUT2D eigenvalue weighted by Crippen LogP contribution is 2.40. The maximum Gasteiger partial charge on any atom is 0.211 e. The average Bonchev–Trinajstić information content (AvgIpc) is 2.36. The van der Waals surface area contributed by atoms with Gasteiger partial charge in [0.05, 0.1) is 5.75 Å². The van der Waals surface area contributed by atoms with Crippen LogP contribution < -0.4 is 4.72 Å². The lowest BCUT2D eigenvalue weighted by Gasteiger charge is -2.39. The maximum atomic E-state index is 11.9. The van der Waals surface area contributed by atoms with E-state index in [9.17, 15) is 8.42 Å². The van der Waals surface area contributed by atoms with Crippen LogP contribution in [0.3, 0.4) is 0 Å². The van der Waals surface area contributed by atoms with Gasteiger partial charge in [-0.3, -0.25) is 0 Å². The minimum atomic E-state index is -3.05. The Kier molecular flexibility index (Phi) is 6.31. The number of unbranched alkanes of at least 4 members (excludes halogenated alkanes) is 1. The maximum absolute atomic E-state index is 11.9. The molecule has 0 heterocycles. The third-order valence-electron chi connectivity index (χ3n) is 4.86. The van der Waals surface area contributed by atoms with Gasteiger partial charge in [-0.15, -0.1) is 0 Å². The summed E-state index contributed by atoms with van der Waals surface area (Å²) in [7, 11) is -3.05. The molecular formula is C15H31NO2S. The molecular weight excluding hydrogens is 258 g/mol. The summed E-state index contributed by atoms with van der Waals surface area (Å²) >= 11 is 0. The van der Waals surface area contributed by atoms with Crippen LogP contribution in [0.2, 0.25) is 0 Å². The molecule has 1 saturated carbocycles. The first kappa shape index (κ1) is 17.0. The van der Waals surface area contributed by atoms with E-state index >= 15 is 0 Å². The minimum Gasteiger partial charge on any atom is -0.212 e. The van der Waals surface area contributed by atoms with Gasteiger partial charge >= 0.3 is 0 Å². The third kappa shape index (κ3) is 5.42. The molecule has 0 spiro atoms. The van der Waals surface area contributed by atoms with Crippen molar-refractivity contribution in [2.75, 3.05) is 5.75 Å². The fraction of sp³-hybridized carbons (Fsp3) is 1.00. The quantitative estimate of drug-likeness (QED) is 0.776. The first-order valence-electron chi connectivity index (χ1n) is 7.80. The Morgan fingerprint density at radius 1 is 1.11 bits per heavy atom. The summed E-state index contributed by atoms with van der Waals surface area (Å²) < 4.78 is 26.7. The molecule has 0 atom stereocenters. The molecule has 3 nitrogen and oxygen atoms in total. The SMILES string of the molecule is CCCCS(=O)(=O)NC1CCC(C(C)(C)CC)CC1. The van der Waals surface area contributed by atoms with E-state index in [0.29, 0.717) is 5.41 Å². The highest BCUT2D eigenvalue weighted by atomic mass is 32.2. The van der Waals surface area contributed by atoms with Crippen LogP contribution in [0, 0.1) is 11.3 Å². The van der Waals surface area contributed by atoms with Crippen molar-refractivity contribution >= 4 is 10.0 Å². The Morgan fingerprint density at radius 2 is 1.68 bits per heavy atom. The summed E-state index contributed by atoms with van der Waals surface area (Å²) in [5, 5.41) is 0. The zero-order valence-electron chi connectivity index (χ0n) is 13.0. The van der Waals surface area contributed by atoms with Crippen molar-refractivity contribution in [3.63, 3.8) is 0 Å². The zero-order chi connectivity index (χ0) is 14.5. The van der Waals surface area contributed by atoms with E-state index in [1.807, 2.05) is 6.92 Å². The van der Waals surface area contributed by atoms with E-state index in [1.165, 1.54) is 6.42 Å². The molecule has 1 rings (SSSR count). The highest BCUT2D eigenvalue weighted by molar-refractivity contribution is 7.89. The van der Waals surface area contributed by atoms with Gasteiger partial charge < -0.3 is 0 Å². The summed E-state index contributed by atoms with van der Waals surface area (Å²) in [5.74, 6) is 1.03. The number of rotatable bonds is 7. The van der Waals surface area contributed by atoms with Gasteiger partial charge in [-0.1, -0.05) is 40.5 Å². The highest BCUT2D eigenvalue weighted by Gasteiger charge is 2.32. The van der Waals surface area contributed by atoms with Crippen molar-refractivity contribution in [3.8, 4) is 0 Å². The average molecular weight is 289 g/mol. The molecule has 1 aliphatic carbocycles. The van der Waals surface area contributed by atoms with Crippen LogP contribution in [0.4, 0.5) is 0 Å². The van der Waals surface area contributed by atoms with Crippen LogP contribution in [0.25, 0.3) is 0 Å². The lowest BCUT2D eigenvalue weighted by atomic mass is 9.69. The summed E-state index contributed by atoms with van der Waals surface area (Å²) in [5.41, 5.74) is 0.395. The van der Waals surface area contributed by atoms with Gasteiger partial charge in [0.2, 0.25) is 10.0 Å². The van der Waals surface area contributed by atoms with E-state index in [1.54, 1.807) is 0 Å². The van der Waals surface area contributed by atoms with Crippen molar-refractivity contribution in [2.45, 2.75) is 78.7 Å². The Labute approximate surface area is 119 Å². The molecule has 0 radical (unpaired) electrons. The molecule has 114 valence electrons. The first-order chi connectivity index (χ1) is 8.80. The summed E-state index contributed by atoms with van der Waals surface area (Å²) in [6.45, 7) is 8.94. The normalized spacial score (nSPS) is 25.5. The van der Waals surface area contributed by atoms with Gasteiger partial charge in [0.15, 0.2) is 0 Å². The molecule has 0 unspecified atom stereocenters. The molecule has 0 aromatic rings. The number of hydrogen-bond donors (Lipinski definition) is 1. The monoisotopic (exact) mass is 289 g/mol. The van der Waals surface area contributed by atoms with Gasteiger partial charge in [-0.05, 0) is 43.4 Å². The van der Waals surface area contributed by atoms with Crippen molar-refractivity contribution < 1.29 is 8.42 Å². The van der Waals surface area contributed by atoms with Crippen LogP contribution in [0.1, 0.15) is 72.6 Å². The smallest absolute Gasteiger partial charge is 0.211 e. The van der Waals surface area contributed by atoms with Crippen LogP contribution in [-0.4, -0.2) is 20.2 Å². The van der Waals surface area contributed by atoms with Crippen LogP contribution >= 0.6 is 0 Å². The molecule has 0 aliphatic heterocycles. The zero-order valence-corrected chi connectivity index (χ0v) is 13.9. The van der Waals surface area contributed by atoms with Crippen LogP contribution in [0.5, 0.6) is 0 Å². The van der Waals surface area contributed by atoms with E-state index in [4.69, 9.17) is 0 Å². The Bertz CT molecular complexity index is 354. The molecule has 0 bridgehead atoms. The minimum absolute atomic E-state index is 0.172. The Hall–Kier alpha value is -0.0900. The molecule has 1 aliphatic rings. The molecule has 0 saturated heterocycles. The van der Waals surface area contributed by atoms with Gasteiger partial charge in [0, 0.05) is 6.04 Å². The third-order valence-corrected chi connectivity index (χ3v) is 6.38. The summed E-state index contributed by atoms with van der Waals surface area (Å²) in [6.07, 6.45) is 7.19. The van der Waals surface area contributed by atoms with Crippen molar-refractivity contribution in [2.24, 2.45) is 11.3 Å². The molecule has 1 fully saturated rings. The molecule has 0 aromatic carbocycles. The predicted molar refractivity (Wildman–Crippen MR) is 81.6 cm³/mol. The molecule has 1 N–H and O–H groups in total. The van der Waals surface area contributed by atoms with Crippen molar-refractivity contribution in [3.05, 3.63) is 0 Å². The van der Waals surface area contributed by atoms with E-state index in [2.05, 4.69) is 25.5 Å². The second kappa shape index (κ2) is 7.07. The van der Waals surface area contributed by atoms with E-state index < -0.39 is 10.0 Å². The Morgan fingerprint density at radius 3 is 2.16 bits per heavy atom. The number of hydrogen-bond acceptors (Lipinski definition) is 2. The first-order valence-corrected chi connectivity index (χ1v) is 9.46. The second-order valence-corrected chi connectivity index (χ2v) is 8.55. The number of sulfonamides is 1. The summed E-state index contributed by atoms with van der Waals surface area (Å²) in [6, 6.07) is 0.172. The Balaban J connectivity index is 2.42. The van der Waals surface area contributed by atoms with Gasteiger partial charge in [-0.2, -0.15) is 0 Å². The predicted octanol–water partition coefficient (Wildman–Crippen LogP) is 3.70. The largest absolute Gasteiger partial charge is 0.212 e. The van der Waals surface area contributed by atoms with E-state index in [0.717, 1.165) is 44.4 Å². The number of nitrogens with one attached hydrogen (secondary N) is 1. The lowest BCUT2D eigenvalue weighted by Crippen LogP contribution is -2.40. The molecule has 0 aromatic heterocycles. The topological polar surface area (TPSA) is 46.2 Å². The van der Waals surface area contributed by atoms with Gasteiger partial charge in [-0.25, -0.2) is 13.1 Å². The molecule has 4 heteroatoms. The summed E-state index contributed by atoms with van der Waals surface area (Å²) in [4.78, 5) is 0. The standard InChI is InChI=1S/C15H31NO2S/c1-5-7-12-19(17,18)16-14-10-8-13(9-11-14)15(3,4)6-2/h13-14,16H,5-12H2,1-4H3. The molecule has 19 heavy (non-hydrogen) atoms. The fourth-order valence-corrected chi connectivity index (χ4v) is 4.46. The van der Waals surface area contributed by atoms with Crippen LogP contribution in [-0.2, 0) is 10.0 Å². The molecule has 0 amide bonds. The van der Waals surface area contributed by atoms with Crippen molar-refractivity contribution in [1.82, 2.24) is 4.72 Å².